The van der Waals surface area contributed by atoms with E-state index in [2.05, 4.69) is 0 Å². The Hall–Kier alpha value is -3.09. The number of hydrogen-bond donors (Lipinski definition) is 6. The molecule has 6 unspecified atom stereocenters. The van der Waals surface area contributed by atoms with Gasteiger partial charge >= 0.3 is 0 Å². The summed E-state index contributed by atoms with van der Waals surface area (Å²) in [5.41, 5.74) is 0.298. The van der Waals surface area contributed by atoms with E-state index in [1.807, 2.05) is 0 Å². The van der Waals surface area contributed by atoms with Gasteiger partial charge in [0.1, 0.15) is 53.7 Å². The van der Waals surface area contributed by atoms with Crippen LogP contribution in [0.3, 0.4) is 0 Å². The first kappa shape index (κ1) is 24.0. The molecular weight excluding hydrogens is 452 g/mol. The molecule has 0 spiro atoms. The highest BCUT2D eigenvalue weighted by Crippen LogP contribution is 2.55. The summed E-state index contributed by atoms with van der Waals surface area (Å²) in [6, 6.07) is 6.02. The van der Waals surface area contributed by atoms with Crippen LogP contribution in [0, 0.1) is 0 Å². The molecule has 2 aliphatic rings. The Morgan fingerprint density at radius 3 is 2.21 bits per heavy atom. The number of Topliss-reactive ketones (excluding diaryl/α,β-unsaturated/α-hetero) is 1. The fourth-order valence-corrected chi connectivity index (χ4v) is 4.39. The van der Waals surface area contributed by atoms with Crippen LogP contribution in [0.2, 0.25) is 0 Å². The van der Waals surface area contributed by atoms with Crippen LogP contribution in [0.1, 0.15) is 40.1 Å². The monoisotopic (exact) mass is 478 g/mol. The molecule has 2 aromatic rings. The second-order valence-electron chi connectivity index (χ2n) is 8.11. The zero-order valence-corrected chi connectivity index (χ0v) is 18.4. The quantitative estimate of drug-likeness (QED) is 0.349. The van der Waals surface area contributed by atoms with Gasteiger partial charge in [-0.05, 0) is 17.7 Å². The molecule has 1 fully saturated rings. The number of aromatic hydroxyl groups is 2. The molecule has 6 N–H and O–H groups in total. The lowest BCUT2D eigenvalue weighted by Gasteiger charge is -2.41. The van der Waals surface area contributed by atoms with Crippen molar-refractivity contribution < 1.29 is 54.4 Å². The summed E-state index contributed by atoms with van der Waals surface area (Å²) in [6.45, 7) is -0.670. The molecule has 0 saturated carbocycles. The minimum atomic E-state index is -1.71. The lowest BCUT2D eigenvalue weighted by molar-refractivity contribution is -0.232. The van der Waals surface area contributed by atoms with E-state index in [1.54, 1.807) is 12.1 Å². The summed E-state index contributed by atoms with van der Waals surface area (Å²) in [7, 11) is 2.51. The number of benzene rings is 2. The summed E-state index contributed by atoms with van der Waals surface area (Å²) in [5, 5.41) is 61.3. The SMILES string of the molecule is COc1c(O)c2c(c(C3OC(CO)C(O)C(O)C3O)c1OC)OC(c1ccc(O)cc1)CC2=O. The molecule has 0 bridgehead atoms. The lowest BCUT2D eigenvalue weighted by Crippen LogP contribution is -2.55. The molecule has 0 aromatic heterocycles. The Kier molecular flexibility index (Phi) is 6.56. The first-order valence-electron chi connectivity index (χ1n) is 10.5. The highest BCUT2D eigenvalue weighted by atomic mass is 16.6. The summed E-state index contributed by atoms with van der Waals surface area (Å²) >= 11 is 0. The Balaban J connectivity index is 1.92. The van der Waals surface area contributed by atoms with E-state index in [9.17, 15) is 35.4 Å². The molecule has 6 atom stereocenters. The zero-order chi connectivity index (χ0) is 24.7. The molecule has 1 saturated heterocycles. The first-order chi connectivity index (χ1) is 16.2. The maximum atomic E-state index is 13.2. The number of ketones is 1. The largest absolute Gasteiger partial charge is 0.508 e. The highest BCUT2D eigenvalue weighted by molar-refractivity contribution is 6.04. The molecule has 0 amide bonds. The Morgan fingerprint density at radius 1 is 0.971 bits per heavy atom. The van der Waals surface area contributed by atoms with Gasteiger partial charge in [0.25, 0.3) is 0 Å². The van der Waals surface area contributed by atoms with Crippen molar-refractivity contribution >= 4 is 5.78 Å². The molecule has 2 heterocycles. The van der Waals surface area contributed by atoms with Crippen LogP contribution in [0.25, 0.3) is 0 Å². The number of ether oxygens (including phenoxy) is 4. The second kappa shape index (κ2) is 9.28. The summed E-state index contributed by atoms with van der Waals surface area (Å²) < 4.78 is 22.5. The third-order valence-electron chi connectivity index (χ3n) is 6.13. The average Bonchev–Trinajstić information content (AvgIpc) is 2.83. The fourth-order valence-electron chi connectivity index (χ4n) is 4.39. The van der Waals surface area contributed by atoms with E-state index in [-0.39, 0.29) is 40.5 Å². The molecule has 0 radical (unpaired) electrons. The summed E-state index contributed by atoms with van der Waals surface area (Å²) in [4.78, 5) is 13.2. The zero-order valence-electron chi connectivity index (χ0n) is 18.4. The van der Waals surface area contributed by atoms with Gasteiger partial charge in [-0.15, -0.1) is 0 Å². The molecule has 2 aliphatic heterocycles. The molecule has 0 aliphatic carbocycles. The second-order valence-corrected chi connectivity index (χ2v) is 8.11. The van der Waals surface area contributed by atoms with Gasteiger partial charge in [-0.3, -0.25) is 4.79 Å². The summed E-state index contributed by atoms with van der Waals surface area (Å²) in [5.74, 6) is -1.50. The van der Waals surface area contributed by atoms with Crippen molar-refractivity contribution in [2.24, 2.45) is 0 Å². The minimum Gasteiger partial charge on any atom is -0.508 e. The Morgan fingerprint density at radius 2 is 1.62 bits per heavy atom. The van der Waals surface area contributed by atoms with Crippen molar-refractivity contribution in [3.8, 4) is 28.7 Å². The van der Waals surface area contributed by atoms with Crippen LogP contribution in [0.15, 0.2) is 24.3 Å². The van der Waals surface area contributed by atoms with Crippen molar-refractivity contribution in [1.82, 2.24) is 0 Å². The van der Waals surface area contributed by atoms with Gasteiger partial charge in [0.15, 0.2) is 17.3 Å². The van der Waals surface area contributed by atoms with Gasteiger partial charge in [-0.1, -0.05) is 12.1 Å². The Bertz CT molecular complexity index is 1070. The molecule has 2 aromatic carbocycles. The number of rotatable bonds is 5. The number of phenols is 2. The maximum Gasteiger partial charge on any atom is 0.204 e. The molecule has 184 valence electrons. The normalized spacial score (nSPS) is 28.7. The number of aliphatic hydroxyl groups is 4. The van der Waals surface area contributed by atoms with Crippen LogP contribution in [-0.4, -0.2) is 81.7 Å². The predicted octanol–water partition coefficient (Wildman–Crippen LogP) is 0.336. The van der Waals surface area contributed by atoms with Gasteiger partial charge in [0.2, 0.25) is 5.75 Å². The smallest absolute Gasteiger partial charge is 0.204 e. The molecule has 11 heteroatoms. The van der Waals surface area contributed by atoms with Crippen LogP contribution < -0.4 is 14.2 Å². The van der Waals surface area contributed by atoms with E-state index in [0.29, 0.717) is 5.56 Å². The van der Waals surface area contributed by atoms with Crippen molar-refractivity contribution in [2.45, 2.75) is 43.0 Å². The number of aliphatic hydroxyl groups excluding tert-OH is 4. The van der Waals surface area contributed by atoms with Crippen molar-refractivity contribution in [3.05, 3.63) is 41.0 Å². The number of fused-ring (bicyclic) bond motifs is 1. The first-order valence-corrected chi connectivity index (χ1v) is 10.5. The van der Waals surface area contributed by atoms with Crippen molar-refractivity contribution in [2.75, 3.05) is 20.8 Å². The maximum absolute atomic E-state index is 13.2. The third kappa shape index (κ3) is 3.81. The van der Waals surface area contributed by atoms with Gasteiger partial charge in [-0.25, -0.2) is 0 Å². The average molecular weight is 478 g/mol. The van der Waals surface area contributed by atoms with E-state index in [0.717, 1.165) is 0 Å². The van der Waals surface area contributed by atoms with Gasteiger partial charge in [0, 0.05) is 0 Å². The number of hydrogen-bond acceptors (Lipinski definition) is 11. The molecular formula is C23H26O11. The van der Waals surface area contributed by atoms with Crippen LogP contribution >= 0.6 is 0 Å². The lowest BCUT2D eigenvalue weighted by atomic mass is 9.86. The van der Waals surface area contributed by atoms with Crippen LogP contribution in [0.5, 0.6) is 28.7 Å². The van der Waals surface area contributed by atoms with Crippen LogP contribution in [0.4, 0.5) is 0 Å². The highest BCUT2D eigenvalue weighted by Gasteiger charge is 2.48. The van der Waals surface area contributed by atoms with E-state index in [1.165, 1.54) is 26.4 Å². The number of methoxy groups -OCH3 is 2. The van der Waals surface area contributed by atoms with Crippen LogP contribution in [-0.2, 0) is 4.74 Å². The topological polar surface area (TPSA) is 175 Å². The van der Waals surface area contributed by atoms with Gasteiger partial charge < -0.3 is 49.6 Å². The third-order valence-corrected chi connectivity index (χ3v) is 6.13. The van der Waals surface area contributed by atoms with Gasteiger partial charge in [0.05, 0.1) is 32.8 Å². The summed E-state index contributed by atoms with van der Waals surface area (Å²) in [6.07, 6.45) is -8.66. The van der Waals surface area contributed by atoms with Crippen molar-refractivity contribution in [3.63, 3.8) is 0 Å². The van der Waals surface area contributed by atoms with Crippen molar-refractivity contribution in [1.29, 1.82) is 0 Å². The van der Waals surface area contributed by atoms with E-state index in [4.69, 9.17) is 18.9 Å². The standard InChI is InChI=1S/C23H26O11/c1-31-22-15(21-19(30)18(29)16(27)13(8-24)34-21)20-14(17(28)23(22)32-2)11(26)7-12(33-20)9-3-5-10(25)6-4-9/h3-6,12-13,16,18-19,21,24-25,27-30H,7-8H2,1-2H3. The molecule has 11 nitrogen and oxygen atoms in total. The van der Waals surface area contributed by atoms with Gasteiger partial charge in [-0.2, -0.15) is 0 Å². The number of carbonyl (C=O) groups excluding carboxylic acids is 1. The van der Waals surface area contributed by atoms with E-state index < -0.39 is 54.8 Å². The molecule has 4 rings (SSSR count). The molecule has 34 heavy (non-hydrogen) atoms. The minimum absolute atomic E-state index is 0.0253. The fraction of sp³-hybridized carbons (Fsp3) is 0.435. The Labute approximate surface area is 194 Å². The van der Waals surface area contributed by atoms with E-state index >= 15 is 0 Å². The number of phenolic OH excluding ortho intramolecular Hbond substituents is 2. The number of carbonyl (C=O) groups is 1. The predicted molar refractivity (Wildman–Crippen MR) is 114 cm³/mol.